The van der Waals surface area contributed by atoms with Crippen LogP contribution >= 0.6 is 0 Å². The van der Waals surface area contributed by atoms with Crippen LogP contribution in [-0.2, 0) is 10.0 Å². The van der Waals surface area contributed by atoms with Crippen LogP contribution in [0.5, 0.6) is 0 Å². The SMILES string of the molecule is N#CC1CCCN(S(=O)(=O)c2cc(F)ccc2F)C1. The van der Waals surface area contributed by atoms with Crippen molar-refractivity contribution in [3.63, 3.8) is 0 Å². The molecule has 0 saturated carbocycles. The van der Waals surface area contributed by atoms with E-state index < -0.39 is 32.5 Å². The molecule has 4 nitrogen and oxygen atoms in total. The molecule has 1 saturated heterocycles. The molecule has 1 heterocycles. The van der Waals surface area contributed by atoms with Crippen molar-refractivity contribution in [2.45, 2.75) is 17.7 Å². The fraction of sp³-hybridized carbons (Fsp3) is 0.417. The van der Waals surface area contributed by atoms with Gasteiger partial charge >= 0.3 is 0 Å². The Hall–Kier alpha value is -1.52. The van der Waals surface area contributed by atoms with Gasteiger partial charge in [-0.25, -0.2) is 17.2 Å². The molecule has 0 amide bonds. The van der Waals surface area contributed by atoms with E-state index in [1.807, 2.05) is 6.07 Å². The molecule has 1 atom stereocenters. The second kappa shape index (κ2) is 5.23. The summed E-state index contributed by atoms with van der Waals surface area (Å²) in [5.41, 5.74) is 0. The summed E-state index contributed by atoms with van der Waals surface area (Å²) in [6, 6.07) is 4.33. The summed E-state index contributed by atoms with van der Waals surface area (Å²) < 4.78 is 52.2. The number of sulfonamides is 1. The molecule has 0 aliphatic carbocycles. The fourth-order valence-corrected chi connectivity index (χ4v) is 3.68. The van der Waals surface area contributed by atoms with Crippen molar-refractivity contribution in [1.82, 2.24) is 4.31 Å². The van der Waals surface area contributed by atoms with Crippen molar-refractivity contribution >= 4 is 10.0 Å². The first-order chi connectivity index (χ1) is 8.95. The van der Waals surface area contributed by atoms with Crippen molar-refractivity contribution in [3.8, 4) is 6.07 Å². The first-order valence-corrected chi connectivity index (χ1v) is 7.24. The second-order valence-corrected chi connectivity index (χ2v) is 6.31. The highest BCUT2D eigenvalue weighted by Crippen LogP contribution is 2.25. The lowest BCUT2D eigenvalue weighted by Crippen LogP contribution is -2.39. The smallest absolute Gasteiger partial charge is 0.207 e. The van der Waals surface area contributed by atoms with Crippen LogP contribution in [0.4, 0.5) is 8.78 Å². The van der Waals surface area contributed by atoms with Crippen LogP contribution in [0.15, 0.2) is 23.1 Å². The first kappa shape index (κ1) is 13.9. The molecule has 0 spiro atoms. The highest BCUT2D eigenvalue weighted by Gasteiger charge is 2.32. The summed E-state index contributed by atoms with van der Waals surface area (Å²) in [5, 5.41) is 8.84. The summed E-state index contributed by atoms with van der Waals surface area (Å²) >= 11 is 0. The van der Waals surface area contributed by atoms with Crippen molar-refractivity contribution in [2.75, 3.05) is 13.1 Å². The van der Waals surface area contributed by atoms with Crippen LogP contribution in [0.25, 0.3) is 0 Å². The van der Waals surface area contributed by atoms with Crippen LogP contribution in [0.3, 0.4) is 0 Å². The molecule has 1 fully saturated rings. The predicted molar refractivity (Wildman–Crippen MR) is 63.5 cm³/mol. The van der Waals surface area contributed by atoms with E-state index >= 15 is 0 Å². The van der Waals surface area contributed by atoms with Crippen LogP contribution in [-0.4, -0.2) is 25.8 Å². The zero-order valence-electron chi connectivity index (χ0n) is 10.0. The molecule has 0 radical (unpaired) electrons. The molecule has 2 rings (SSSR count). The largest absolute Gasteiger partial charge is 0.246 e. The van der Waals surface area contributed by atoms with Gasteiger partial charge in [-0.3, -0.25) is 0 Å². The molecule has 1 aromatic rings. The van der Waals surface area contributed by atoms with Gasteiger partial charge in [0, 0.05) is 13.1 Å². The number of nitrogens with zero attached hydrogens (tertiary/aromatic N) is 2. The van der Waals surface area contributed by atoms with Gasteiger partial charge in [0.1, 0.15) is 16.5 Å². The Balaban J connectivity index is 2.37. The molecule has 1 aliphatic rings. The minimum Gasteiger partial charge on any atom is -0.207 e. The van der Waals surface area contributed by atoms with Crippen LogP contribution in [0.2, 0.25) is 0 Å². The zero-order chi connectivity index (χ0) is 14.0. The Kier molecular flexibility index (Phi) is 3.83. The van der Waals surface area contributed by atoms with E-state index in [1.165, 1.54) is 0 Å². The lowest BCUT2D eigenvalue weighted by Gasteiger charge is -2.28. The summed E-state index contributed by atoms with van der Waals surface area (Å²) in [6.45, 7) is 0.241. The maximum absolute atomic E-state index is 13.6. The Morgan fingerprint density at radius 1 is 1.37 bits per heavy atom. The van der Waals surface area contributed by atoms with Gasteiger partial charge in [0.05, 0.1) is 12.0 Å². The number of rotatable bonds is 2. The van der Waals surface area contributed by atoms with E-state index in [4.69, 9.17) is 5.26 Å². The number of halogens is 2. The summed E-state index contributed by atoms with van der Waals surface area (Å²) in [6.07, 6.45) is 1.16. The number of benzene rings is 1. The van der Waals surface area contributed by atoms with Gasteiger partial charge in [-0.15, -0.1) is 0 Å². The lowest BCUT2D eigenvalue weighted by atomic mass is 10.0. The topological polar surface area (TPSA) is 61.2 Å². The highest BCUT2D eigenvalue weighted by atomic mass is 32.2. The number of hydrogen-bond acceptors (Lipinski definition) is 3. The van der Waals surface area contributed by atoms with Gasteiger partial charge in [-0.2, -0.15) is 9.57 Å². The third-order valence-corrected chi connectivity index (χ3v) is 4.96. The van der Waals surface area contributed by atoms with Crippen molar-refractivity contribution < 1.29 is 17.2 Å². The average molecular weight is 286 g/mol. The third kappa shape index (κ3) is 2.74. The highest BCUT2D eigenvalue weighted by molar-refractivity contribution is 7.89. The molecule has 0 N–H and O–H groups in total. The normalized spacial score (nSPS) is 21.0. The second-order valence-electron chi connectivity index (χ2n) is 4.41. The maximum atomic E-state index is 13.6. The van der Waals surface area contributed by atoms with Crippen molar-refractivity contribution in [3.05, 3.63) is 29.8 Å². The van der Waals surface area contributed by atoms with E-state index in [0.29, 0.717) is 18.9 Å². The molecule has 0 bridgehead atoms. The van der Waals surface area contributed by atoms with Gasteiger partial charge in [0.25, 0.3) is 0 Å². The zero-order valence-corrected chi connectivity index (χ0v) is 10.8. The minimum absolute atomic E-state index is 0.0226. The van der Waals surface area contributed by atoms with Gasteiger partial charge in [0.2, 0.25) is 10.0 Å². The fourth-order valence-electron chi connectivity index (χ4n) is 2.08. The third-order valence-electron chi connectivity index (χ3n) is 3.08. The monoisotopic (exact) mass is 286 g/mol. The number of nitriles is 1. The summed E-state index contributed by atoms with van der Waals surface area (Å²) in [4.78, 5) is -0.675. The Morgan fingerprint density at radius 3 is 2.79 bits per heavy atom. The van der Waals surface area contributed by atoms with Crippen LogP contribution in [0, 0.1) is 28.9 Å². The minimum atomic E-state index is -4.09. The average Bonchev–Trinajstić information content (AvgIpc) is 2.41. The van der Waals surface area contributed by atoms with Gasteiger partial charge < -0.3 is 0 Å². The Morgan fingerprint density at radius 2 is 2.11 bits per heavy atom. The van der Waals surface area contributed by atoms with E-state index in [-0.39, 0.29) is 13.1 Å². The van der Waals surface area contributed by atoms with Gasteiger partial charge in [0.15, 0.2) is 0 Å². The number of piperidine rings is 1. The first-order valence-electron chi connectivity index (χ1n) is 5.80. The molecule has 1 aliphatic heterocycles. The maximum Gasteiger partial charge on any atom is 0.246 e. The molecule has 1 aromatic carbocycles. The summed E-state index contributed by atoms with van der Waals surface area (Å²) in [5.74, 6) is -2.20. The molecule has 1 unspecified atom stereocenters. The molecular formula is C12H12F2N2O2S. The quantitative estimate of drug-likeness (QED) is 0.834. The predicted octanol–water partition coefficient (Wildman–Crippen LogP) is 1.89. The molecule has 7 heteroatoms. The molecular weight excluding hydrogens is 274 g/mol. The molecule has 19 heavy (non-hydrogen) atoms. The van der Waals surface area contributed by atoms with Crippen LogP contribution in [0.1, 0.15) is 12.8 Å². The Labute approximate surface area is 110 Å². The van der Waals surface area contributed by atoms with Crippen molar-refractivity contribution in [2.24, 2.45) is 5.92 Å². The van der Waals surface area contributed by atoms with E-state index in [9.17, 15) is 17.2 Å². The molecule has 102 valence electrons. The van der Waals surface area contributed by atoms with E-state index in [0.717, 1.165) is 16.4 Å². The standard InChI is InChI=1S/C12H12F2N2O2S/c13-10-3-4-11(14)12(6-10)19(17,18)16-5-1-2-9(7-15)8-16/h3-4,6,9H,1-2,5,8H2. The Bertz CT molecular complexity index is 625. The van der Waals surface area contributed by atoms with Crippen molar-refractivity contribution in [1.29, 1.82) is 5.26 Å². The van der Waals surface area contributed by atoms with Crippen LogP contribution < -0.4 is 0 Å². The van der Waals surface area contributed by atoms with E-state index in [1.54, 1.807) is 0 Å². The lowest BCUT2D eigenvalue weighted by molar-refractivity contribution is 0.304. The van der Waals surface area contributed by atoms with E-state index in [2.05, 4.69) is 0 Å². The van der Waals surface area contributed by atoms with Gasteiger partial charge in [-0.1, -0.05) is 0 Å². The summed E-state index contributed by atoms with van der Waals surface area (Å²) in [7, 11) is -4.09. The molecule has 0 aromatic heterocycles. The van der Waals surface area contributed by atoms with Gasteiger partial charge in [-0.05, 0) is 31.0 Å². The number of hydrogen-bond donors (Lipinski definition) is 0.